The van der Waals surface area contributed by atoms with E-state index in [9.17, 15) is 14.4 Å². The lowest BCUT2D eigenvalue weighted by molar-refractivity contribution is -0.144. The molecular formula is C26H25N3O5S. The highest BCUT2D eigenvalue weighted by Gasteiger charge is 2.60. The summed E-state index contributed by atoms with van der Waals surface area (Å²) in [6, 6.07) is 8.30. The number of amides is 3. The number of carbonyl (C=O) groups is 3. The quantitative estimate of drug-likeness (QED) is 0.386. The highest BCUT2D eigenvalue weighted by molar-refractivity contribution is 7.22. The Bertz CT molecular complexity index is 1340. The number of aryl methyl sites for hydroxylation is 1. The minimum Gasteiger partial charge on any atom is -0.494 e. The van der Waals surface area contributed by atoms with Crippen molar-refractivity contribution in [3.63, 3.8) is 0 Å². The molecule has 1 aromatic carbocycles. The Morgan fingerprint density at radius 2 is 1.94 bits per heavy atom. The average molecular weight is 492 g/mol. The molecule has 1 saturated carbocycles. The van der Waals surface area contributed by atoms with Gasteiger partial charge in [0, 0.05) is 0 Å². The monoisotopic (exact) mass is 491 g/mol. The zero-order chi connectivity index (χ0) is 24.3. The normalized spacial score (nSPS) is 25.5. The molecule has 2 bridgehead atoms. The maximum absolute atomic E-state index is 13.4. The third-order valence-corrected chi connectivity index (χ3v) is 8.14. The van der Waals surface area contributed by atoms with Crippen molar-refractivity contribution in [2.24, 2.45) is 23.7 Å². The van der Waals surface area contributed by atoms with Gasteiger partial charge in [0.15, 0.2) is 5.13 Å². The Labute approximate surface area is 205 Å². The molecule has 3 heterocycles. The number of anilines is 1. The third-order valence-electron chi connectivity index (χ3n) is 7.20. The highest BCUT2D eigenvalue weighted by Crippen LogP contribution is 2.54. The molecule has 3 aliphatic rings. The van der Waals surface area contributed by atoms with Crippen LogP contribution in [0.5, 0.6) is 5.75 Å². The van der Waals surface area contributed by atoms with Crippen LogP contribution in [0, 0.1) is 30.6 Å². The molecule has 8 nitrogen and oxygen atoms in total. The molecule has 1 saturated heterocycles. The number of benzene rings is 1. The molecule has 1 aliphatic heterocycles. The molecule has 5 atom stereocenters. The van der Waals surface area contributed by atoms with Crippen molar-refractivity contribution in [1.82, 2.24) is 9.88 Å². The molecule has 2 aromatic heterocycles. The Hall–Kier alpha value is -3.46. The van der Waals surface area contributed by atoms with Crippen LogP contribution in [0.3, 0.4) is 0 Å². The van der Waals surface area contributed by atoms with Gasteiger partial charge in [-0.25, -0.2) is 4.98 Å². The van der Waals surface area contributed by atoms with Crippen molar-refractivity contribution in [2.75, 3.05) is 11.9 Å². The summed E-state index contributed by atoms with van der Waals surface area (Å²) in [5, 5.41) is 3.30. The molecule has 3 aromatic rings. The summed E-state index contributed by atoms with van der Waals surface area (Å²) in [6.45, 7) is 4.28. The van der Waals surface area contributed by atoms with Crippen LogP contribution in [-0.2, 0) is 14.4 Å². The van der Waals surface area contributed by atoms with Crippen molar-refractivity contribution in [3.05, 3.63) is 54.0 Å². The van der Waals surface area contributed by atoms with E-state index < -0.39 is 6.04 Å². The second-order valence-electron chi connectivity index (χ2n) is 9.34. The van der Waals surface area contributed by atoms with E-state index in [1.165, 1.54) is 16.2 Å². The molecule has 2 aliphatic carbocycles. The molecule has 0 radical (unpaired) electrons. The topological polar surface area (TPSA) is 102 Å². The lowest BCUT2D eigenvalue weighted by Gasteiger charge is -2.26. The summed E-state index contributed by atoms with van der Waals surface area (Å²) in [5.41, 5.74) is 0.757. The fourth-order valence-corrected chi connectivity index (χ4v) is 6.66. The summed E-state index contributed by atoms with van der Waals surface area (Å²) < 4.78 is 12.2. The molecule has 6 rings (SSSR count). The zero-order valence-electron chi connectivity index (χ0n) is 19.4. The van der Waals surface area contributed by atoms with Crippen LogP contribution in [0.4, 0.5) is 5.13 Å². The standard InChI is InChI=1S/C26H25N3O5S/c1-3-33-16-7-8-17-20(11-16)35-26(27-17)28-21(30)12-18(19-9-4-13(2)34-19)29-24(31)22-14-5-6-15(10-14)23(22)25(29)32/h4-9,11,14-15,18,22-23H,3,10,12H2,1-2H3,(H,27,28,30). The lowest BCUT2D eigenvalue weighted by Crippen LogP contribution is -2.38. The van der Waals surface area contributed by atoms with Crippen molar-refractivity contribution in [3.8, 4) is 5.75 Å². The van der Waals surface area contributed by atoms with E-state index in [0.717, 1.165) is 22.4 Å². The van der Waals surface area contributed by atoms with Crippen molar-refractivity contribution < 1.29 is 23.5 Å². The number of likely N-dealkylation sites (tertiary alicyclic amines) is 1. The van der Waals surface area contributed by atoms with Gasteiger partial charge in [-0.05, 0) is 62.4 Å². The Kier molecular flexibility index (Phi) is 5.25. The summed E-state index contributed by atoms with van der Waals surface area (Å²) in [4.78, 5) is 45.8. The number of nitrogens with zero attached hydrogens (tertiary/aromatic N) is 2. The number of furan rings is 1. The summed E-state index contributed by atoms with van der Waals surface area (Å²) in [7, 11) is 0. The van der Waals surface area contributed by atoms with E-state index >= 15 is 0 Å². The van der Waals surface area contributed by atoms with Crippen LogP contribution in [-0.4, -0.2) is 34.2 Å². The number of imide groups is 1. The number of thiazole rings is 1. The average Bonchev–Trinajstić information content (AvgIpc) is 3.63. The van der Waals surface area contributed by atoms with E-state index in [1.807, 2.05) is 25.1 Å². The fraction of sp³-hybridized carbons (Fsp3) is 0.385. The molecule has 1 N–H and O–H groups in total. The largest absolute Gasteiger partial charge is 0.494 e. The first-order chi connectivity index (χ1) is 16.9. The molecule has 35 heavy (non-hydrogen) atoms. The number of carbonyl (C=O) groups excluding carboxylic acids is 3. The SMILES string of the molecule is CCOc1ccc2nc(NC(=O)CC(c3ccc(C)o3)N3C(=O)C4C5C=CC(C5)C4C3=O)sc2c1. The van der Waals surface area contributed by atoms with Crippen LogP contribution >= 0.6 is 11.3 Å². The first-order valence-electron chi connectivity index (χ1n) is 11.9. The molecule has 3 amide bonds. The highest BCUT2D eigenvalue weighted by atomic mass is 32.1. The van der Waals surface area contributed by atoms with Gasteiger partial charge in [0.1, 0.15) is 23.3 Å². The molecule has 9 heteroatoms. The Morgan fingerprint density at radius 1 is 1.20 bits per heavy atom. The number of ether oxygens (including phenoxy) is 1. The third kappa shape index (κ3) is 3.65. The van der Waals surface area contributed by atoms with Crippen LogP contribution in [0.25, 0.3) is 10.2 Å². The number of hydrogen-bond acceptors (Lipinski definition) is 7. The zero-order valence-corrected chi connectivity index (χ0v) is 20.2. The number of fused-ring (bicyclic) bond motifs is 6. The molecule has 180 valence electrons. The number of rotatable bonds is 7. The van der Waals surface area contributed by atoms with E-state index in [0.29, 0.717) is 23.3 Å². The fourth-order valence-electron chi connectivity index (χ4n) is 5.74. The Morgan fingerprint density at radius 3 is 2.60 bits per heavy atom. The predicted molar refractivity (Wildman–Crippen MR) is 130 cm³/mol. The van der Waals surface area contributed by atoms with E-state index in [1.54, 1.807) is 19.1 Å². The number of nitrogens with one attached hydrogen (secondary N) is 1. The van der Waals surface area contributed by atoms with Gasteiger partial charge in [-0.3, -0.25) is 19.3 Å². The van der Waals surface area contributed by atoms with Crippen molar-refractivity contribution in [1.29, 1.82) is 0 Å². The number of aromatic nitrogens is 1. The van der Waals surface area contributed by atoms with Gasteiger partial charge in [0.25, 0.3) is 0 Å². The van der Waals surface area contributed by atoms with Gasteiger partial charge in [0.05, 0.1) is 35.1 Å². The Balaban J connectivity index is 1.25. The van der Waals surface area contributed by atoms with Gasteiger partial charge < -0.3 is 14.5 Å². The van der Waals surface area contributed by atoms with Crippen LogP contribution in [0.2, 0.25) is 0 Å². The van der Waals surface area contributed by atoms with Gasteiger partial charge in [-0.2, -0.15) is 0 Å². The van der Waals surface area contributed by atoms with Crippen molar-refractivity contribution >= 4 is 44.4 Å². The number of hydrogen-bond donors (Lipinski definition) is 1. The van der Waals surface area contributed by atoms with Gasteiger partial charge in [0.2, 0.25) is 17.7 Å². The predicted octanol–water partition coefficient (Wildman–Crippen LogP) is 4.47. The second kappa shape index (κ2) is 8.34. The molecule has 2 fully saturated rings. The summed E-state index contributed by atoms with van der Waals surface area (Å²) >= 11 is 1.35. The first kappa shape index (κ1) is 22.0. The maximum atomic E-state index is 13.4. The van der Waals surface area contributed by atoms with E-state index in [2.05, 4.69) is 22.5 Å². The van der Waals surface area contributed by atoms with Crippen LogP contribution in [0.1, 0.15) is 37.3 Å². The van der Waals surface area contributed by atoms with Gasteiger partial charge in [-0.15, -0.1) is 0 Å². The minimum atomic E-state index is -0.798. The molecule has 5 unspecified atom stereocenters. The molecular weight excluding hydrogens is 466 g/mol. The maximum Gasteiger partial charge on any atom is 0.234 e. The molecule has 0 spiro atoms. The van der Waals surface area contributed by atoms with Crippen LogP contribution in [0.15, 0.2) is 46.9 Å². The van der Waals surface area contributed by atoms with Crippen LogP contribution < -0.4 is 10.1 Å². The van der Waals surface area contributed by atoms with Gasteiger partial charge in [-0.1, -0.05) is 23.5 Å². The van der Waals surface area contributed by atoms with Gasteiger partial charge >= 0.3 is 0 Å². The first-order valence-corrected chi connectivity index (χ1v) is 12.7. The van der Waals surface area contributed by atoms with Crippen molar-refractivity contribution in [2.45, 2.75) is 32.7 Å². The smallest absolute Gasteiger partial charge is 0.234 e. The van der Waals surface area contributed by atoms with E-state index in [4.69, 9.17) is 9.15 Å². The van der Waals surface area contributed by atoms with E-state index in [-0.39, 0.29) is 47.8 Å². The summed E-state index contributed by atoms with van der Waals surface area (Å²) in [6.07, 6.45) is 4.87. The lowest BCUT2D eigenvalue weighted by atomic mass is 9.85. The second-order valence-corrected chi connectivity index (χ2v) is 10.4. The minimum absolute atomic E-state index is 0.101. The summed E-state index contributed by atoms with van der Waals surface area (Å²) in [5.74, 6) is 0.632. The number of allylic oxidation sites excluding steroid dienone is 2.